The minimum Gasteiger partial charge on any atom is -0.378 e. The second-order valence-corrected chi connectivity index (χ2v) is 14.2. The lowest BCUT2D eigenvalue weighted by molar-refractivity contribution is -0.150. The number of nitrogens with one attached hydrogen (secondary N) is 2. The van der Waals surface area contributed by atoms with E-state index in [1.807, 2.05) is 12.1 Å². The van der Waals surface area contributed by atoms with E-state index in [2.05, 4.69) is 89.2 Å². The molecule has 234 valence electrons. The summed E-state index contributed by atoms with van der Waals surface area (Å²) in [5, 5.41) is 4.53. The molecule has 8 heteroatoms. The van der Waals surface area contributed by atoms with E-state index in [4.69, 9.17) is 4.74 Å². The van der Waals surface area contributed by atoms with Gasteiger partial charge >= 0.3 is 0 Å². The predicted octanol–water partition coefficient (Wildman–Crippen LogP) is 5.54. The van der Waals surface area contributed by atoms with Gasteiger partial charge in [-0.3, -0.25) is 9.59 Å². The van der Waals surface area contributed by atoms with Crippen molar-refractivity contribution in [3.05, 3.63) is 59.8 Å². The lowest BCUT2D eigenvalue weighted by Gasteiger charge is -2.47. The van der Waals surface area contributed by atoms with E-state index in [1.54, 1.807) is 0 Å². The second kappa shape index (κ2) is 11.2. The molecular formula is C36H47N5O3. The molecule has 2 aliphatic heterocycles. The average Bonchev–Trinajstić information content (AvgIpc) is 3.91. The highest BCUT2D eigenvalue weighted by molar-refractivity contribution is 6.01. The largest absolute Gasteiger partial charge is 0.378 e. The third kappa shape index (κ3) is 5.20. The highest BCUT2D eigenvalue weighted by Gasteiger charge is 2.61. The number of aromatic amines is 1. The van der Waals surface area contributed by atoms with Crippen molar-refractivity contribution in [3.8, 4) is 0 Å². The van der Waals surface area contributed by atoms with Crippen LogP contribution < -0.4 is 10.2 Å². The van der Waals surface area contributed by atoms with Gasteiger partial charge in [0.15, 0.2) is 0 Å². The number of likely N-dealkylation sites (tertiary alicyclic amines) is 1. The van der Waals surface area contributed by atoms with Gasteiger partial charge in [-0.25, -0.2) is 0 Å². The number of morpholine rings is 1. The number of rotatable bonds is 8. The van der Waals surface area contributed by atoms with E-state index in [-0.39, 0.29) is 29.2 Å². The number of hydrogen-bond acceptors (Lipinski definition) is 5. The van der Waals surface area contributed by atoms with Gasteiger partial charge in [-0.2, -0.15) is 0 Å². The van der Waals surface area contributed by atoms with Crippen LogP contribution in [0.4, 0.5) is 11.4 Å². The number of anilines is 2. The summed E-state index contributed by atoms with van der Waals surface area (Å²) in [4.78, 5) is 39.1. The molecule has 4 fully saturated rings. The summed E-state index contributed by atoms with van der Waals surface area (Å²) in [7, 11) is 2.11. The fraction of sp³-hybridized carbons (Fsp3) is 0.556. The highest BCUT2D eigenvalue weighted by atomic mass is 16.5. The van der Waals surface area contributed by atoms with Crippen LogP contribution in [0.3, 0.4) is 0 Å². The standard InChI is InChI=1S/C36H47N5O3/c1-24-32(28-7-5-6-8-30(28)37-24)33-29(35(33,2)3)23-31(42)41(27-13-14-27)36(15-17-39(4)18-16-36)34(43)38-25-9-11-26(12-10-25)40-19-21-44-22-20-40/h5-12,27,29,33,37H,13-23H2,1-4H3,(H,38,43)/t29-,33+/m0/s1. The van der Waals surface area contributed by atoms with Crippen molar-refractivity contribution in [3.63, 3.8) is 0 Å². The molecule has 0 unspecified atom stereocenters. The number of aromatic nitrogens is 1. The Kier molecular flexibility index (Phi) is 7.48. The van der Waals surface area contributed by atoms with Crippen molar-refractivity contribution in [2.45, 2.75) is 70.4 Å². The molecule has 2 aliphatic carbocycles. The monoisotopic (exact) mass is 597 g/mol. The molecule has 7 rings (SSSR count). The summed E-state index contributed by atoms with van der Waals surface area (Å²) < 4.78 is 5.50. The lowest BCUT2D eigenvalue weighted by Crippen LogP contribution is -2.64. The molecule has 2 aromatic carbocycles. The first kappa shape index (κ1) is 29.4. The molecule has 44 heavy (non-hydrogen) atoms. The number of aryl methyl sites for hydroxylation is 1. The number of amides is 2. The number of piperidine rings is 1. The van der Waals surface area contributed by atoms with Gasteiger partial charge in [-0.05, 0) is 92.8 Å². The molecule has 2 atom stereocenters. The van der Waals surface area contributed by atoms with Crippen molar-refractivity contribution < 1.29 is 14.3 Å². The zero-order valence-electron chi connectivity index (χ0n) is 26.7. The molecule has 1 aromatic heterocycles. The van der Waals surface area contributed by atoms with Gasteiger partial charge in [0.25, 0.3) is 0 Å². The predicted molar refractivity (Wildman–Crippen MR) is 175 cm³/mol. The molecular weight excluding hydrogens is 550 g/mol. The molecule has 8 nitrogen and oxygen atoms in total. The Hall–Kier alpha value is -3.36. The molecule has 4 aliphatic rings. The number of para-hydroxylation sites is 1. The third-order valence-corrected chi connectivity index (χ3v) is 11.1. The molecule has 2 saturated heterocycles. The van der Waals surface area contributed by atoms with Crippen LogP contribution in [0.25, 0.3) is 10.9 Å². The molecule has 2 amide bonds. The van der Waals surface area contributed by atoms with Gasteiger partial charge in [0.1, 0.15) is 5.54 Å². The van der Waals surface area contributed by atoms with Crippen LogP contribution >= 0.6 is 0 Å². The van der Waals surface area contributed by atoms with E-state index in [0.29, 0.717) is 25.2 Å². The van der Waals surface area contributed by atoms with Crippen molar-refractivity contribution in [1.29, 1.82) is 0 Å². The Morgan fingerprint density at radius 1 is 1.00 bits per heavy atom. The van der Waals surface area contributed by atoms with Gasteiger partial charge < -0.3 is 29.7 Å². The van der Waals surface area contributed by atoms with Crippen molar-refractivity contribution in [1.82, 2.24) is 14.8 Å². The van der Waals surface area contributed by atoms with E-state index >= 15 is 0 Å². The Morgan fingerprint density at radius 3 is 2.36 bits per heavy atom. The maximum Gasteiger partial charge on any atom is 0.250 e. The minimum absolute atomic E-state index is 0.0189. The van der Waals surface area contributed by atoms with Crippen molar-refractivity contribution in [2.24, 2.45) is 11.3 Å². The van der Waals surface area contributed by atoms with E-state index in [9.17, 15) is 9.59 Å². The second-order valence-electron chi connectivity index (χ2n) is 14.2. The Morgan fingerprint density at radius 2 is 1.68 bits per heavy atom. The smallest absolute Gasteiger partial charge is 0.250 e. The van der Waals surface area contributed by atoms with Gasteiger partial charge in [0, 0.05) is 66.6 Å². The van der Waals surface area contributed by atoms with Gasteiger partial charge in [0.05, 0.1) is 13.2 Å². The van der Waals surface area contributed by atoms with Crippen LogP contribution in [0.1, 0.15) is 63.1 Å². The topological polar surface area (TPSA) is 80.9 Å². The maximum atomic E-state index is 14.5. The van der Waals surface area contributed by atoms with Crippen LogP contribution in [0, 0.1) is 18.3 Å². The Balaban J connectivity index is 1.13. The van der Waals surface area contributed by atoms with Crippen LogP contribution in [0.15, 0.2) is 48.5 Å². The first-order valence-electron chi connectivity index (χ1n) is 16.5. The quantitative estimate of drug-likeness (QED) is 0.357. The van der Waals surface area contributed by atoms with Crippen LogP contribution in [-0.2, 0) is 14.3 Å². The number of fused-ring (bicyclic) bond motifs is 1. The average molecular weight is 598 g/mol. The van der Waals surface area contributed by atoms with Gasteiger partial charge in [-0.1, -0.05) is 32.0 Å². The molecule has 0 radical (unpaired) electrons. The van der Waals surface area contributed by atoms with E-state index in [1.165, 1.54) is 16.6 Å². The van der Waals surface area contributed by atoms with E-state index < -0.39 is 5.54 Å². The normalized spacial score (nSPS) is 24.7. The fourth-order valence-corrected chi connectivity index (χ4v) is 8.20. The zero-order valence-corrected chi connectivity index (χ0v) is 26.7. The number of H-pyrrole nitrogens is 1. The molecule has 0 bridgehead atoms. The Bertz CT molecular complexity index is 1530. The van der Waals surface area contributed by atoms with Crippen LogP contribution in [-0.4, -0.2) is 84.6 Å². The van der Waals surface area contributed by atoms with Gasteiger partial charge in [-0.15, -0.1) is 0 Å². The lowest BCUT2D eigenvalue weighted by atomic mass is 9.83. The molecule has 0 spiro atoms. The van der Waals surface area contributed by atoms with Crippen molar-refractivity contribution >= 4 is 34.1 Å². The number of carbonyl (C=O) groups excluding carboxylic acids is 2. The number of nitrogens with zero attached hydrogens (tertiary/aromatic N) is 3. The molecule has 3 heterocycles. The van der Waals surface area contributed by atoms with Crippen molar-refractivity contribution in [2.75, 3.05) is 56.7 Å². The summed E-state index contributed by atoms with van der Waals surface area (Å²) in [6.45, 7) is 11.6. The molecule has 3 aromatic rings. The number of hydrogen-bond donors (Lipinski definition) is 2. The molecule has 2 N–H and O–H groups in total. The van der Waals surface area contributed by atoms with E-state index in [0.717, 1.165) is 69.1 Å². The summed E-state index contributed by atoms with van der Waals surface area (Å²) in [5.74, 6) is 0.668. The van der Waals surface area contributed by atoms with Crippen LogP contribution in [0.5, 0.6) is 0 Å². The number of benzene rings is 2. The third-order valence-electron chi connectivity index (χ3n) is 11.1. The first-order valence-corrected chi connectivity index (χ1v) is 16.5. The first-order chi connectivity index (χ1) is 21.2. The Labute approximate surface area is 261 Å². The SMILES string of the molecule is Cc1[nH]c2ccccc2c1[C@H]1[C@H](CC(=O)N(C2CC2)C2(C(=O)Nc3ccc(N4CCOCC4)cc3)CCN(C)CC2)C1(C)C. The summed E-state index contributed by atoms with van der Waals surface area (Å²) in [5.41, 5.74) is 4.82. The summed E-state index contributed by atoms with van der Waals surface area (Å²) >= 11 is 0. The molecule has 2 saturated carbocycles. The minimum atomic E-state index is -0.834. The summed E-state index contributed by atoms with van der Waals surface area (Å²) in [6, 6.07) is 16.8. The van der Waals surface area contributed by atoms with Gasteiger partial charge in [0.2, 0.25) is 11.8 Å². The fourth-order valence-electron chi connectivity index (χ4n) is 8.20. The maximum absolute atomic E-state index is 14.5. The zero-order chi connectivity index (χ0) is 30.6. The number of carbonyl (C=O) groups is 2. The van der Waals surface area contributed by atoms with Crippen LogP contribution in [0.2, 0.25) is 0 Å². The summed E-state index contributed by atoms with van der Waals surface area (Å²) in [6.07, 6.45) is 3.74. The highest BCUT2D eigenvalue weighted by Crippen LogP contribution is 2.67. The number of ether oxygens (including phenoxy) is 1.